The molecule has 1 aromatic rings. The van der Waals surface area contributed by atoms with Crippen LogP contribution in [0, 0.1) is 11.6 Å². The van der Waals surface area contributed by atoms with Crippen LogP contribution in [-0.4, -0.2) is 6.54 Å². The van der Waals surface area contributed by atoms with E-state index in [1.807, 2.05) is 0 Å². The van der Waals surface area contributed by atoms with Crippen molar-refractivity contribution in [2.24, 2.45) is 0 Å². The molecule has 0 bridgehead atoms. The van der Waals surface area contributed by atoms with E-state index in [9.17, 15) is 8.78 Å². The topological polar surface area (TPSA) is 12.0 Å². The highest BCUT2D eigenvalue weighted by atomic mass is 19.1. The van der Waals surface area contributed by atoms with Crippen molar-refractivity contribution in [1.82, 2.24) is 0 Å². The predicted octanol–water partition coefficient (Wildman–Crippen LogP) is 3.66. The number of unbranched alkanes of at least 4 members (excludes halogenated alkanes) is 1. The molecule has 1 aliphatic heterocycles. The fourth-order valence-electron chi connectivity index (χ4n) is 2.15. The molecule has 15 heavy (non-hydrogen) atoms. The molecule has 2 rings (SSSR count). The van der Waals surface area contributed by atoms with Crippen LogP contribution < -0.4 is 5.32 Å². The Labute approximate surface area is 88.5 Å². The average Bonchev–Trinajstić information content (AvgIpc) is 2.58. The fraction of sp³-hybridized carbons (Fsp3) is 0.500. The molecule has 0 saturated carbocycles. The summed E-state index contributed by atoms with van der Waals surface area (Å²) in [6.07, 6.45) is 3.22. The molecule has 0 aliphatic carbocycles. The maximum atomic E-state index is 13.3. The second kappa shape index (κ2) is 4.17. The third-order valence-corrected chi connectivity index (χ3v) is 2.96. The van der Waals surface area contributed by atoms with Crippen LogP contribution in [0.2, 0.25) is 0 Å². The van der Waals surface area contributed by atoms with E-state index in [0.29, 0.717) is 5.69 Å². The van der Waals surface area contributed by atoms with Gasteiger partial charge in [-0.1, -0.05) is 19.8 Å². The van der Waals surface area contributed by atoms with Crippen molar-refractivity contribution >= 4 is 5.69 Å². The lowest BCUT2D eigenvalue weighted by Crippen LogP contribution is -2.01. The number of anilines is 1. The molecular weight excluding hydrogens is 196 g/mol. The Morgan fingerprint density at radius 1 is 1.40 bits per heavy atom. The largest absolute Gasteiger partial charge is 0.382 e. The monoisotopic (exact) mass is 211 g/mol. The standard InChI is InChI=1S/C12H15F2N/c1-2-3-4-8-7-15-12-10(8)5-9(13)6-11(12)14/h5-6,8,15H,2-4,7H2,1H3. The number of rotatable bonds is 3. The minimum Gasteiger partial charge on any atom is -0.382 e. The van der Waals surface area contributed by atoms with E-state index in [-0.39, 0.29) is 5.92 Å². The molecule has 1 unspecified atom stereocenters. The number of halogens is 2. The molecule has 1 N–H and O–H groups in total. The molecule has 1 aromatic carbocycles. The summed E-state index contributed by atoms with van der Waals surface area (Å²) in [6, 6.07) is 2.40. The molecule has 0 fully saturated rings. The van der Waals surface area contributed by atoms with Gasteiger partial charge in [-0.2, -0.15) is 0 Å². The van der Waals surface area contributed by atoms with Crippen molar-refractivity contribution in [3.05, 3.63) is 29.3 Å². The van der Waals surface area contributed by atoms with Crippen LogP contribution in [0.3, 0.4) is 0 Å². The molecule has 1 atom stereocenters. The molecule has 0 aromatic heterocycles. The van der Waals surface area contributed by atoms with Crippen molar-refractivity contribution in [1.29, 1.82) is 0 Å². The number of benzene rings is 1. The van der Waals surface area contributed by atoms with Crippen LogP contribution in [0.1, 0.15) is 37.7 Å². The normalized spacial score (nSPS) is 18.7. The highest BCUT2D eigenvalue weighted by molar-refractivity contribution is 5.58. The smallest absolute Gasteiger partial charge is 0.149 e. The van der Waals surface area contributed by atoms with E-state index in [4.69, 9.17) is 0 Å². The Morgan fingerprint density at radius 3 is 2.93 bits per heavy atom. The average molecular weight is 211 g/mol. The van der Waals surface area contributed by atoms with Gasteiger partial charge in [-0.25, -0.2) is 8.78 Å². The fourth-order valence-corrected chi connectivity index (χ4v) is 2.15. The Kier molecular flexibility index (Phi) is 2.89. The van der Waals surface area contributed by atoms with Crippen LogP contribution >= 0.6 is 0 Å². The maximum Gasteiger partial charge on any atom is 0.149 e. The summed E-state index contributed by atoms with van der Waals surface area (Å²) in [7, 11) is 0. The van der Waals surface area contributed by atoms with Gasteiger partial charge < -0.3 is 5.32 Å². The van der Waals surface area contributed by atoms with Crippen LogP contribution in [0.5, 0.6) is 0 Å². The Morgan fingerprint density at radius 2 is 2.20 bits per heavy atom. The third-order valence-electron chi connectivity index (χ3n) is 2.96. The van der Waals surface area contributed by atoms with Gasteiger partial charge in [-0.3, -0.25) is 0 Å². The summed E-state index contributed by atoms with van der Waals surface area (Å²) in [5.41, 5.74) is 1.30. The highest BCUT2D eigenvalue weighted by Crippen LogP contribution is 2.36. The van der Waals surface area contributed by atoms with Gasteiger partial charge >= 0.3 is 0 Å². The van der Waals surface area contributed by atoms with E-state index in [1.54, 1.807) is 0 Å². The van der Waals surface area contributed by atoms with Gasteiger partial charge in [-0.15, -0.1) is 0 Å². The zero-order valence-electron chi connectivity index (χ0n) is 8.82. The number of hydrogen-bond acceptors (Lipinski definition) is 1. The van der Waals surface area contributed by atoms with Gasteiger partial charge in [-0.05, 0) is 18.1 Å². The Balaban J connectivity index is 2.25. The first-order valence-electron chi connectivity index (χ1n) is 5.45. The zero-order chi connectivity index (χ0) is 10.8. The first kappa shape index (κ1) is 10.4. The van der Waals surface area contributed by atoms with Gasteiger partial charge in [0.15, 0.2) is 0 Å². The third kappa shape index (κ3) is 1.96. The molecule has 3 heteroatoms. The van der Waals surface area contributed by atoms with E-state index in [0.717, 1.165) is 37.4 Å². The molecule has 1 nitrogen and oxygen atoms in total. The molecule has 82 valence electrons. The van der Waals surface area contributed by atoms with Crippen molar-refractivity contribution in [3.8, 4) is 0 Å². The minimum absolute atomic E-state index is 0.269. The summed E-state index contributed by atoms with van der Waals surface area (Å²) in [5, 5.41) is 3.01. The lowest BCUT2D eigenvalue weighted by atomic mass is 9.95. The summed E-state index contributed by atoms with van der Waals surface area (Å²) in [6.45, 7) is 2.85. The second-order valence-corrected chi connectivity index (χ2v) is 4.07. The molecule has 0 radical (unpaired) electrons. The van der Waals surface area contributed by atoms with Crippen LogP contribution in [0.25, 0.3) is 0 Å². The maximum absolute atomic E-state index is 13.3. The Bertz CT molecular complexity index is 363. The SMILES string of the molecule is CCCCC1CNc2c(F)cc(F)cc21. The van der Waals surface area contributed by atoms with Gasteiger partial charge in [0.1, 0.15) is 11.6 Å². The molecule has 0 amide bonds. The minimum atomic E-state index is -0.476. The van der Waals surface area contributed by atoms with Crippen molar-refractivity contribution in [3.63, 3.8) is 0 Å². The molecule has 1 aliphatic rings. The first-order chi connectivity index (χ1) is 7.22. The van der Waals surface area contributed by atoms with Crippen LogP contribution in [0.15, 0.2) is 12.1 Å². The van der Waals surface area contributed by atoms with Crippen molar-refractivity contribution in [2.75, 3.05) is 11.9 Å². The highest BCUT2D eigenvalue weighted by Gasteiger charge is 2.25. The van der Waals surface area contributed by atoms with Crippen molar-refractivity contribution in [2.45, 2.75) is 32.1 Å². The molecule has 0 saturated heterocycles. The first-order valence-corrected chi connectivity index (χ1v) is 5.45. The van der Waals surface area contributed by atoms with Gasteiger partial charge in [0.2, 0.25) is 0 Å². The van der Waals surface area contributed by atoms with Crippen LogP contribution in [-0.2, 0) is 0 Å². The summed E-state index contributed by atoms with van der Waals surface area (Å²) >= 11 is 0. The predicted molar refractivity (Wildman–Crippen MR) is 57.1 cm³/mol. The number of hydrogen-bond donors (Lipinski definition) is 1. The van der Waals surface area contributed by atoms with Crippen LogP contribution in [0.4, 0.5) is 14.5 Å². The lowest BCUT2D eigenvalue weighted by molar-refractivity contribution is 0.578. The lowest BCUT2D eigenvalue weighted by Gasteiger charge is -2.08. The zero-order valence-corrected chi connectivity index (χ0v) is 8.82. The van der Waals surface area contributed by atoms with Gasteiger partial charge in [0, 0.05) is 18.5 Å². The van der Waals surface area contributed by atoms with E-state index < -0.39 is 11.6 Å². The molecular formula is C12H15F2N. The summed E-state index contributed by atoms with van der Waals surface area (Å²) in [5.74, 6) is -0.675. The van der Waals surface area contributed by atoms with E-state index in [1.165, 1.54) is 6.07 Å². The van der Waals surface area contributed by atoms with E-state index in [2.05, 4.69) is 12.2 Å². The van der Waals surface area contributed by atoms with Gasteiger partial charge in [0.25, 0.3) is 0 Å². The van der Waals surface area contributed by atoms with Crippen molar-refractivity contribution < 1.29 is 8.78 Å². The molecule has 1 heterocycles. The molecule has 0 spiro atoms. The van der Waals surface area contributed by atoms with Gasteiger partial charge in [0.05, 0.1) is 5.69 Å². The number of fused-ring (bicyclic) bond motifs is 1. The Hall–Kier alpha value is -1.12. The second-order valence-electron chi connectivity index (χ2n) is 4.07. The van der Waals surface area contributed by atoms with E-state index >= 15 is 0 Å². The quantitative estimate of drug-likeness (QED) is 0.804. The summed E-state index contributed by atoms with van der Waals surface area (Å²) < 4.78 is 26.4. The number of nitrogens with one attached hydrogen (secondary N) is 1. The summed E-state index contributed by atoms with van der Waals surface area (Å²) in [4.78, 5) is 0.